The van der Waals surface area contributed by atoms with Gasteiger partial charge in [0.15, 0.2) is 6.10 Å². The molecule has 86 valence electrons. The lowest BCUT2D eigenvalue weighted by Gasteiger charge is -2.33. The second kappa shape index (κ2) is 3.81. The topological polar surface area (TPSA) is 46.2 Å². The molecule has 1 rings (SSSR count). The fourth-order valence-corrected chi connectivity index (χ4v) is 1.56. The average molecular weight is 242 g/mol. The van der Waals surface area contributed by atoms with E-state index in [4.69, 9.17) is 22.4 Å². The van der Waals surface area contributed by atoms with Gasteiger partial charge in [-0.15, -0.1) is 0 Å². The summed E-state index contributed by atoms with van der Waals surface area (Å²) >= 11 is 5.58. The van der Waals surface area contributed by atoms with Crippen LogP contribution < -0.4 is 5.73 Å². The Labute approximate surface area is 90.2 Å². The lowest BCUT2D eigenvalue weighted by atomic mass is 9.82. The van der Waals surface area contributed by atoms with E-state index in [1.807, 2.05) is 0 Å². The van der Waals surface area contributed by atoms with Crippen molar-refractivity contribution < 1.29 is 18.3 Å². The summed E-state index contributed by atoms with van der Waals surface area (Å²) < 4.78 is 36.9. The Balaban J connectivity index is 3.06. The Morgan fingerprint density at radius 2 is 2.13 bits per heavy atom. The SMILES string of the molecule is CC1(N)CC=C(Cl)C=C1C(O)C(F)(F)F. The molecule has 1 aliphatic rings. The molecule has 2 unspecified atom stereocenters. The van der Waals surface area contributed by atoms with Crippen LogP contribution in [0.25, 0.3) is 0 Å². The molecule has 0 aromatic heterocycles. The van der Waals surface area contributed by atoms with Crippen molar-refractivity contribution in [2.24, 2.45) is 5.73 Å². The van der Waals surface area contributed by atoms with Crippen molar-refractivity contribution >= 4 is 11.6 Å². The van der Waals surface area contributed by atoms with Crippen LogP contribution in [0.5, 0.6) is 0 Å². The Morgan fingerprint density at radius 1 is 1.60 bits per heavy atom. The number of nitrogens with two attached hydrogens (primary N) is 1. The molecule has 15 heavy (non-hydrogen) atoms. The van der Waals surface area contributed by atoms with Gasteiger partial charge in [0, 0.05) is 10.6 Å². The molecule has 0 heterocycles. The van der Waals surface area contributed by atoms with E-state index in [0.717, 1.165) is 6.08 Å². The van der Waals surface area contributed by atoms with Crippen LogP contribution in [0, 0.1) is 0 Å². The number of hydrogen-bond donors (Lipinski definition) is 2. The van der Waals surface area contributed by atoms with Crippen molar-refractivity contribution in [3.05, 3.63) is 22.8 Å². The molecule has 0 spiro atoms. The van der Waals surface area contributed by atoms with Crippen LogP contribution in [0.1, 0.15) is 13.3 Å². The maximum Gasteiger partial charge on any atom is 0.418 e. The predicted octanol–water partition coefficient (Wildman–Crippen LogP) is 2.08. The summed E-state index contributed by atoms with van der Waals surface area (Å²) in [6.45, 7) is 1.42. The minimum absolute atomic E-state index is 0.163. The van der Waals surface area contributed by atoms with E-state index in [2.05, 4.69) is 0 Å². The van der Waals surface area contributed by atoms with Gasteiger partial charge in [-0.2, -0.15) is 13.2 Å². The van der Waals surface area contributed by atoms with E-state index in [0.29, 0.717) is 0 Å². The Bertz CT molecular complexity index is 320. The lowest BCUT2D eigenvalue weighted by Crippen LogP contribution is -2.47. The van der Waals surface area contributed by atoms with Crippen molar-refractivity contribution in [1.82, 2.24) is 0 Å². The Hall–Kier alpha value is -0.520. The summed E-state index contributed by atoms with van der Waals surface area (Å²) in [5, 5.41) is 9.27. The van der Waals surface area contributed by atoms with Gasteiger partial charge in [0.1, 0.15) is 0 Å². The van der Waals surface area contributed by atoms with Crippen LogP contribution in [0.2, 0.25) is 0 Å². The molecule has 0 aromatic rings. The molecule has 1 aliphatic carbocycles. The zero-order valence-corrected chi connectivity index (χ0v) is 8.73. The van der Waals surface area contributed by atoms with E-state index in [1.165, 1.54) is 13.0 Å². The molecule has 2 atom stereocenters. The molecule has 0 radical (unpaired) electrons. The van der Waals surface area contributed by atoms with Gasteiger partial charge in [0.25, 0.3) is 0 Å². The largest absolute Gasteiger partial charge is 0.418 e. The zero-order valence-electron chi connectivity index (χ0n) is 7.98. The number of aliphatic hydroxyl groups is 1. The molecular formula is C9H11ClF3NO. The standard InChI is InChI=1S/C9H11ClF3NO/c1-8(14)3-2-5(10)4-6(8)7(15)9(11,12)13/h2,4,7,15H,3,14H2,1H3. The maximum atomic E-state index is 12.3. The van der Waals surface area contributed by atoms with Crippen molar-refractivity contribution in [3.63, 3.8) is 0 Å². The van der Waals surface area contributed by atoms with Crippen molar-refractivity contribution in [3.8, 4) is 0 Å². The lowest BCUT2D eigenvalue weighted by molar-refractivity contribution is -0.193. The molecule has 0 aliphatic heterocycles. The third-order valence-electron chi connectivity index (χ3n) is 2.28. The van der Waals surface area contributed by atoms with E-state index >= 15 is 0 Å². The summed E-state index contributed by atoms with van der Waals surface area (Å²) in [6, 6.07) is 0. The van der Waals surface area contributed by atoms with Gasteiger partial charge in [-0.05, 0) is 25.0 Å². The second-order valence-electron chi connectivity index (χ2n) is 3.75. The Kier molecular flexibility index (Phi) is 3.19. The number of rotatable bonds is 1. The quantitative estimate of drug-likeness (QED) is 0.738. The first-order chi connectivity index (χ1) is 6.64. The summed E-state index contributed by atoms with van der Waals surface area (Å²) in [5.41, 5.74) is 4.13. The van der Waals surface area contributed by atoms with E-state index in [1.54, 1.807) is 0 Å². The third-order valence-corrected chi connectivity index (χ3v) is 2.54. The van der Waals surface area contributed by atoms with Crippen LogP contribution in [-0.2, 0) is 0 Å². The predicted molar refractivity (Wildman–Crippen MR) is 51.3 cm³/mol. The van der Waals surface area contributed by atoms with E-state index in [-0.39, 0.29) is 17.0 Å². The fraction of sp³-hybridized carbons (Fsp3) is 0.556. The maximum absolute atomic E-state index is 12.3. The van der Waals surface area contributed by atoms with Gasteiger partial charge in [-0.3, -0.25) is 0 Å². The molecule has 0 saturated carbocycles. The summed E-state index contributed by atoms with van der Waals surface area (Å²) in [6.07, 6.45) is -4.52. The van der Waals surface area contributed by atoms with Crippen molar-refractivity contribution in [1.29, 1.82) is 0 Å². The summed E-state index contributed by atoms with van der Waals surface area (Å²) in [4.78, 5) is 0. The highest BCUT2D eigenvalue weighted by Crippen LogP contribution is 2.35. The van der Waals surface area contributed by atoms with Crippen LogP contribution in [0.3, 0.4) is 0 Å². The van der Waals surface area contributed by atoms with Gasteiger partial charge in [0.05, 0.1) is 0 Å². The molecule has 2 nitrogen and oxygen atoms in total. The third kappa shape index (κ3) is 2.74. The first-order valence-corrected chi connectivity index (χ1v) is 4.64. The Morgan fingerprint density at radius 3 is 2.60 bits per heavy atom. The molecule has 6 heteroatoms. The highest BCUT2D eigenvalue weighted by molar-refractivity contribution is 6.31. The highest BCUT2D eigenvalue weighted by Gasteiger charge is 2.45. The smallest absolute Gasteiger partial charge is 0.379 e. The average Bonchev–Trinajstić information content (AvgIpc) is 2.06. The monoisotopic (exact) mass is 241 g/mol. The van der Waals surface area contributed by atoms with Crippen molar-refractivity contribution in [2.45, 2.75) is 31.2 Å². The zero-order chi connectivity index (χ0) is 11.9. The van der Waals surface area contributed by atoms with Crippen LogP contribution in [-0.4, -0.2) is 22.9 Å². The first-order valence-electron chi connectivity index (χ1n) is 4.26. The first kappa shape index (κ1) is 12.5. The number of allylic oxidation sites excluding steroid dienone is 2. The van der Waals surface area contributed by atoms with Crippen LogP contribution >= 0.6 is 11.6 Å². The van der Waals surface area contributed by atoms with E-state index < -0.39 is 17.8 Å². The number of halogens is 4. The van der Waals surface area contributed by atoms with Gasteiger partial charge < -0.3 is 10.8 Å². The summed E-state index contributed by atoms with van der Waals surface area (Å²) in [5.74, 6) is 0. The van der Waals surface area contributed by atoms with Gasteiger partial charge >= 0.3 is 6.18 Å². The molecule has 3 N–H and O–H groups in total. The molecular weight excluding hydrogens is 231 g/mol. The normalized spacial score (nSPS) is 29.5. The molecule has 0 bridgehead atoms. The summed E-state index contributed by atoms with van der Waals surface area (Å²) in [7, 11) is 0. The van der Waals surface area contributed by atoms with Crippen LogP contribution in [0.4, 0.5) is 13.2 Å². The van der Waals surface area contributed by atoms with E-state index in [9.17, 15) is 13.2 Å². The molecule has 0 amide bonds. The number of aliphatic hydroxyl groups excluding tert-OH is 1. The number of hydrogen-bond acceptors (Lipinski definition) is 2. The van der Waals surface area contributed by atoms with Crippen molar-refractivity contribution in [2.75, 3.05) is 0 Å². The minimum Gasteiger partial charge on any atom is -0.379 e. The molecule has 0 saturated heterocycles. The molecule has 0 aromatic carbocycles. The minimum atomic E-state index is -4.72. The van der Waals surface area contributed by atoms with Gasteiger partial charge in [-0.1, -0.05) is 17.7 Å². The van der Waals surface area contributed by atoms with Crippen LogP contribution in [0.15, 0.2) is 22.8 Å². The second-order valence-corrected chi connectivity index (χ2v) is 4.19. The fourth-order valence-electron chi connectivity index (χ4n) is 1.37. The highest BCUT2D eigenvalue weighted by atomic mass is 35.5. The molecule has 0 fully saturated rings. The van der Waals surface area contributed by atoms with Gasteiger partial charge in [0.2, 0.25) is 0 Å². The number of alkyl halides is 3. The van der Waals surface area contributed by atoms with Gasteiger partial charge in [-0.25, -0.2) is 0 Å².